The number of thioether (sulfide) groups is 1. The van der Waals surface area contributed by atoms with Crippen molar-refractivity contribution in [3.63, 3.8) is 0 Å². The summed E-state index contributed by atoms with van der Waals surface area (Å²) in [6.07, 6.45) is 0. The maximum absolute atomic E-state index is 12.5. The number of aromatic nitrogens is 2. The minimum Gasteiger partial charge on any atom is -0.486 e. The van der Waals surface area contributed by atoms with Crippen molar-refractivity contribution in [3.05, 3.63) is 50.2 Å². The van der Waals surface area contributed by atoms with E-state index < -0.39 is 11.2 Å². The van der Waals surface area contributed by atoms with Crippen molar-refractivity contribution in [2.45, 2.75) is 4.21 Å². The summed E-state index contributed by atoms with van der Waals surface area (Å²) in [6.45, 7) is 0.902. The molecule has 1 aromatic carbocycles. The third-order valence-electron chi connectivity index (χ3n) is 3.86. The molecular formula is C17H11N3O5S2. The largest absolute Gasteiger partial charge is 0.486 e. The number of fused-ring (bicyclic) bond motifs is 2. The van der Waals surface area contributed by atoms with Crippen LogP contribution in [0, 0.1) is 11.3 Å². The number of thiophene rings is 1. The van der Waals surface area contributed by atoms with Gasteiger partial charge in [0.1, 0.15) is 29.5 Å². The molecule has 0 amide bonds. The normalized spacial score (nSPS) is 12.7. The predicted molar refractivity (Wildman–Crippen MR) is 100 cm³/mol. The average molecular weight is 401 g/mol. The second kappa shape index (κ2) is 6.94. The van der Waals surface area contributed by atoms with Crippen LogP contribution >= 0.6 is 23.1 Å². The van der Waals surface area contributed by atoms with Crippen LogP contribution in [0.4, 0.5) is 0 Å². The molecule has 10 heteroatoms. The zero-order valence-corrected chi connectivity index (χ0v) is 15.3. The van der Waals surface area contributed by atoms with Gasteiger partial charge in [0.05, 0.1) is 15.5 Å². The Morgan fingerprint density at radius 3 is 2.78 bits per heavy atom. The number of ether oxygens (including phenoxy) is 2. The number of nitrogens with zero attached hydrogens (tertiary/aromatic N) is 1. The number of carbonyl (C=O) groups is 1. The molecule has 0 unspecified atom stereocenters. The number of Topliss-reactive ketones (excluding diaryl/α,β-unsaturated/α-hetero) is 1. The number of ketones is 1. The quantitative estimate of drug-likeness (QED) is 0.505. The number of aromatic amines is 2. The summed E-state index contributed by atoms with van der Waals surface area (Å²) in [7, 11) is 0. The van der Waals surface area contributed by atoms with Gasteiger partial charge in [-0.3, -0.25) is 14.6 Å². The van der Waals surface area contributed by atoms with Crippen LogP contribution in [0.1, 0.15) is 15.9 Å². The van der Waals surface area contributed by atoms with Gasteiger partial charge in [-0.05, 0) is 18.2 Å². The highest BCUT2D eigenvalue weighted by atomic mass is 32.2. The molecule has 0 radical (unpaired) electrons. The van der Waals surface area contributed by atoms with E-state index in [9.17, 15) is 19.6 Å². The maximum atomic E-state index is 12.5. The molecular weight excluding hydrogens is 390 g/mol. The van der Waals surface area contributed by atoms with Crippen LogP contribution in [0.3, 0.4) is 0 Å². The predicted octanol–water partition coefficient (Wildman–Crippen LogP) is 1.90. The first kappa shape index (κ1) is 17.4. The molecule has 0 atom stereocenters. The van der Waals surface area contributed by atoms with Gasteiger partial charge in [0.25, 0.3) is 5.56 Å². The van der Waals surface area contributed by atoms with Crippen LogP contribution in [0.5, 0.6) is 11.5 Å². The molecule has 0 aliphatic carbocycles. The summed E-state index contributed by atoms with van der Waals surface area (Å²) in [5.41, 5.74) is -0.368. The molecule has 2 aromatic heterocycles. The molecule has 0 saturated carbocycles. The Kier molecular flexibility index (Phi) is 4.47. The Morgan fingerprint density at radius 1 is 1.22 bits per heavy atom. The van der Waals surface area contributed by atoms with Gasteiger partial charge in [-0.1, -0.05) is 0 Å². The standard InChI is InChI=1S/C17H11N3O5S2/c18-6-9-13-14(15(22)20-17(23)19-13)27-16(9)26-7-10(21)8-1-2-11-12(5-8)25-4-3-24-11/h1-2,5H,3-4,7H2,(H2,19,20,22,23). The third-order valence-corrected chi connectivity index (χ3v) is 6.32. The lowest BCUT2D eigenvalue weighted by Gasteiger charge is -2.18. The van der Waals surface area contributed by atoms with Crippen LogP contribution in [-0.4, -0.2) is 34.7 Å². The van der Waals surface area contributed by atoms with Crippen molar-refractivity contribution >= 4 is 39.1 Å². The Hall–Kier alpha value is -3.03. The summed E-state index contributed by atoms with van der Waals surface area (Å²) in [4.78, 5) is 40.5. The maximum Gasteiger partial charge on any atom is 0.326 e. The first-order chi connectivity index (χ1) is 13.1. The fourth-order valence-electron chi connectivity index (χ4n) is 2.63. The highest BCUT2D eigenvalue weighted by molar-refractivity contribution is 8.02. The molecule has 1 aliphatic heterocycles. The molecule has 0 fully saturated rings. The zero-order valence-electron chi connectivity index (χ0n) is 13.7. The van der Waals surface area contributed by atoms with Crippen molar-refractivity contribution in [3.8, 4) is 17.6 Å². The van der Waals surface area contributed by atoms with Crippen molar-refractivity contribution in [2.24, 2.45) is 0 Å². The molecule has 0 saturated heterocycles. The number of hydrogen-bond donors (Lipinski definition) is 2. The van der Waals surface area contributed by atoms with Crippen LogP contribution in [0.2, 0.25) is 0 Å². The number of rotatable bonds is 4. The minimum atomic E-state index is -0.675. The Bertz CT molecular complexity index is 1220. The number of H-pyrrole nitrogens is 2. The van der Waals surface area contributed by atoms with Crippen LogP contribution < -0.4 is 20.7 Å². The van der Waals surface area contributed by atoms with E-state index in [1.807, 2.05) is 6.07 Å². The van der Waals surface area contributed by atoms with Gasteiger partial charge in [0.2, 0.25) is 0 Å². The number of nitriles is 1. The molecule has 3 aromatic rings. The number of hydrogen-bond acceptors (Lipinski definition) is 8. The number of nitrogens with one attached hydrogen (secondary N) is 2. The van der Waals surface area contributed by atoms with E-state index in [0.717, 1.165) is 23.1 Å². The summed E-state index contributed by atoms with van der Waals surface area (Å²) in [6, 6.07) is 6.98. The molecule has 1 aliphatic rings. The molecule has 136 valence electrons. The van der Waals surface area contributed by atoms with Gasteiger partial charge in [-0.15, -0.1) is 23.1 Å². The first-order valence-electron chi connectivity index (χ1n) is 7.81. The van der Waals surface area contributed by atoms with Crippen LogP contribution in [0.15, 0.2) is 32.0 Å². The highest BCUT2D eigenvalue weighted by Crippen LogP contribution is 2.36. The van der Waals surface area contributed by atoms with Gasteiger partial charge in [0, 0.05) is 5.56 Å². The van der Waals surface area contributed by atoms with Gasteiger partial charge < -0.3 is 14.5 Å². The van der Waals surface area contributed by atoms with E-state index in [-0.39, 0.29) is 27.3 Å². The fraction of sp³-hybridized carbons (Fsp3) is 0.176. The molecule has 3 heterocycles. The second-order valence-corrected chi connectivity index (χ2v) is 7.82. The van der Waals surface area contributed by atoms with Crippen LogP contribution in [0.25, 0.3) is 10.2 Å². The van der Waals surface area contributed by atoms with Gasteiger partial charge in [-0.25, -0.2) is 4.79 Å². The van der Waals surface area contributed by atoms with Crippen molar-refractivity contribution in [2.75, 3.05) is 19.0 Å². The topological polar surface area (TPSA) is 125 Å². The molecule has 0 bridgehead atoms. The lowest BCUT2D eigenvalue weighted by Crippen LogP contribution is -2.20. The van der Waals surface area contributed by atoms with Crippen molar-refractivity contribution in [1.82, 2.24) is 9.97 Å². The Morgan fingerprint density at radius 2 is 2.00 bits per heavy atom. The molecule has 4 rings (SSSR count). The minimum absolute atomic E-state index is 0.0727. The van der Waals surface area contributed by atoms with Gasteiger partial charge in [0.15, 0.2) is 17.3 Å². The van der Waals surface area contributed by atoms with Crippen molar-refractivity contribution in [1.29, 1.82) is 5.26 Å². The van der Waals surface area contributed by atoms with Crippen LogP contribution in [-0.2, 0) is 0 Å². The van der Waals surface area contributed by atoms with E-state index in [1.54, 1.807) is 18.2 Å². The first-order valence-corrected chi connectivity index (χ1v) is 9.62. The van der Waals surface area contributed by atoms with E-state index in [4.69, 9.17) is 9.47 Å². The van der Waals surface area contributed by atoms with E-state index in [2.05, 4.69) is 9.97 Å². The molecule has 8 nitrogen and oxygen atoms in total. The van der Waals surface area contributed by atoms with Crippen molar-refractivity contribution < 1.29 is 14.3 Å². The smallest absolute Gasteiger partial charge is 0.326 e. The SMILES string of the molecule is N#Cc1c(SCC(=O)c2ccc3c(c2)OCCO3)sc2c(=O)[nH]c(=O)[nH]c12. The Balaban J connectivity index is 1.59. The monoisotopic (exact) mass is 401 g/mol. The third kappa shape index (κ3) is 3.22. The van der Waals surface area contributed by atoms with E-state index in [1.165, 1.54) is 0 Å². The highest BCUT2D eigenvalue weighted by Gasteiger charge is 2.19. The summed E-state index contributed by atoms with van der Waals surface area (Å²) in [5.74, 6) is 1.05. The summed E-state index contributed by atoms with van der Waals surface area (Å²) < 4.78 is 11.7. The summed E-state index contributed by atoms with van der Waals surface area (Å²) in [5, 5.41) is 9.40. The fourth-order valence-corrected chi connectivity index (χ4v) is 4.85. The average Bonchev–Trinajstić information content (AvgIpc) is 3.03. The van der Waals surface area contributed by atoms with Gasteiger partial charge >= 0.3 is 5.69 Å². The lowest BCUT2D eigenvalue weighted by atomic mass is 10.1. The van der Waals surface area contributed by atoms with E-state index >= 15 is 0 Å². The van der Waals surface area contributed by atoms with E-state index in [0.29, 0.717) is 34.5 Å². The number of carbonyl (C=O) groups excluding carboxylic acids is 1. The second-order valence-electron chi connectivity index (χ2n) is 5.56. The zero-order chi connectivity index (χ0) is 19.0. The number of benzene rings is 1. The molecule has 0 spiro atoms. The van der Waals surface area contributed by atoms with Gasteiger partial charge in [-0.2, -0.15) is 5.26 Å². The lowest BCUT2D eigenvalue weighted by molar-refractivity contribution is 0.102. The molecule has 2 N–H and O–H groups in total. The summed E-state index contributed by atoms with van der Waals surface area (Å²) >= 11 is 2.23. The molecule has 27 heavy (non-hydrogen) atoms. The Labute approximate surface area is 159 Å².